The van der Waals surface area contributed by atoms with Crippen LogP contribution in [0.3, 0.4) is 0 Å². The van der Waals surface area contributed by atoms with Gasteiger partial charge in [0, 0.05) is 5.69 Å². The maximum Gasteiger partial charge on any atom is 0.256 e. The molecule has 0 heterocycles. The predicted molar refractivity (Wildman–Crippen MR) is 78.0 cm³/mol. The van der Waals surface area contributed by atoms with Crippen molar-refractivity contribution in [3.8, 4) is 0 Å². The van der Waals surface area contributed by atoms with E-state index in [1.54, 1.807) is 6.07 Å². The van der Waals surface area contributed by atoms with Crippen LogP contribution in [-0.4, -0.2) is 5.91 Å². The number of halogens is 2. The van der Waals surface area contributed by atoms with Crippen LogP contribution in [0.4, 0.5) is 10.1 Å². The van der Waals surface area contributed by atoms with Gasteiger partial charge >= 0.3 is 0 Å². The molecular formula is C15H13BrFNO. The van der Waals surface area contributed by atoms with E-state index in [1.807, 2.05) is 32.0 Å². The van der Waals surface area contributed by atoms with Crippen LogP contribution in [0, 0.1) is 19.7 Å². The summed E-state index contributed by atoms with van der Waals surface area (Å²) in [5.41, 5.74) is 3.03. The summed E-state index contributed by atoms with van der Waals surface area (Å²) < 4.78 is 13.6. The summed E-state index contributed by atoms with van der Waals surface area (Å²) in [5.74, 6) is -0.784. The van der Waals surface area contributed by atoms with Gasteiger partial charge in [-0.2, -0.15) is 0 Å². The Morgan fingerprint density at radius 2 is 1.95 bits per heavy atom. The van der Waals surface area contributed by atoms with Crippen LogP contribution in [0.15, 0.2) is 40.9 Å². The topological polar surface area (TPSA) is 29.1 Å². The zero-order valence-corrected chi connectivity index (χ0v) is 12.2. The van der Waals surface area contributed by atoms with Crippen molar-refractivity contribution in [2.45, 2.75) is 13.8 Å². The lowest BCUT2D eigenvalue weighted by Crippen LogP contribution is -2.14. The Kier molecular flexibility index (Phi) is 4.00. The van der Waals surface area contributed by atoms with E-state index < -0.39 is 5.82 Å². The summed E-state index contributed by atoms with van der Waals surface area (Å²) in [6, 6.07) is 10.2. The molecule has 98 valence electrons. The molecule has 1 amide bonds. The Balaban J connectivity index is 2.31. The quantitative estimate of drug-likeness (QED) is 0.869. The maximum atomic E-state index is 13.4. The Bertz CT molecular complexity index is 640. The highest BCUT2D eigenvalue weighted by Gasteiger charge is 2.13. The average Bonchev–Trinajstić information content (AvgIpc) is 2.37. The van der Waals surface area contributed by atoms with Gasteiger partial charge in [0.2, 0.25) is 0 Å². The number of anilines is 1. The van der Waals surface area contributed by atoms with Gasteiger partial charge < -0.3 is 5.32 Å². The minimum atomic E-state index is -0.450. The van der Waals surface area contributed by atoms with Crippen LogP contribution < -0.4 is 5.32 Å². The monoisotopic (exact) mass is 321 g/mol. The SMILES string of the molecule is Cc1ccc(C)c(NC(=O)c2cccc(F)c2Br)c1. The predicted octanol–water partition coefficient (Wildman–Crippen LogP) is 4.46. The van der Waals surface area contributed by atoms with Crippen molar-refractivity contribution in [3.63, 3.8) is 0 Å². The number of nitrogens with one attached hydrogen (secondary N) is 1. The molecule has 0 aliphatic carbocycles. The summed E-state index contributed by atoms with van der Waals surface area (Å²) in [7, 11) is 0. The number of carbonyl (C=O) groups is 1. The molecular weight excluding hydrogens is 309 g/mol. The summed E-state index contributed by atoms with van der Waals surface area (Å²) in [4.78, 5) is 12.1. The first-order valence-corrected chi connectivity index (χ1v) is 6.61. The van der Waals surface area contributed by atoms with Gasteiger partial charge in [-0.3, -0.25) is 4.79 Å². The molecule has 2 aromatic carbocycles. The van der Waals surface area contributed by atoms with Crippen molar-refractivity contribution >= 4 is 27.5 Å². The van der Waals surface area contributed by atoms with Gasteiger partial charge in [-0.15, -0.1) is 0 Å². The highest BCUT2D eigenvalue weighted by Crippen LogP contribution is 2.23. The van der Waals surface area contributed by atoms with Gasteiger partial charge in [0.25, 0.3) is 5.91 Å². The first kappa shape index (κ1) is 13.7. The van der Waals surface area contributed by atoms with Crippen molar-refractivity contribution in [2.24, 2.45) is 0 Å². The fraction of sp³-hybridized carbons (Fsp3) is 0.133. The second-order valence-corrected chi connectivity index (χ2v) is 5.17. The van der Waals surface area contributed by atoms with Gasteiger partial charge in [0.05, 0.1) is 10.0 Å². The van der Waals surface area contributed by atoms with Crippen LogP contribution in [0.25, 0.3) is 0 Å². The fourth-order valence-corrected chi connectivity index (χ4v) is 2.18. The number of benzene rings is 2. The Hall–Kier alpha value is -1.68. The van der Waals surface area contributed by atoms with E-state index in [9.17, 15) is 9.18 Å². The highest BCUT2D eigenvalue weighted by atomic mass is 79.9. The van der Waals surface area contributed by atoms with E-state index >= 15 is 0 Å². The zero-order valence-electron chi connectivity index (χ0n) is 10.6. The number of rotatable bonds is 2. The third kappa shape index (κ3) is 3.01. The molecule has 0 spiro atoms. The third-order valence-corrected chi connectivity index (χ3v) is 3.64. The van der Waals surface area contributed by atoms with Crippen LogP contribution in [-0.2, 0) is 0 Å². The Morgan fingerprint density at radius 1 is 1.21 bits per heavy atom. The van der Waals surface area contributed by atoms with Crippen LogP contribution in [0.1, 0.15) is 21.5 Å². The number of hydrogen-bond acceptors (Lipinski definition) is 1. The van der Waals surface area contributed by atoms with Crippen LogP contribution in [0.5, 0.6) is 0 Å². The zero-order chi connectivity index (χ0) is 14.0. The maximum absolute atomic E-state index is 13.4. The molecule has 0 aliphatic rings. The minimum Gasteiger partial charge on any atom is -0.322 e. The second kappa shape index (κ2) is 5.53. The first-order valence-electron chi connectivity index (χ1n) is 5.81. The highest BCUT2D eigenvalue weighted by molar-refractivity contribution is 9.10. The lowest BCUT2D eigenvalue weighted by Gasteiger charge is -2.10. The van der Waals surface area contributed by atoms with Crippen LogP contribution in [0.2, 0.25) is 0 Å². The molecule has 2 aromatic rings. The summed E-state index contributed by atoms with van der Waals surface area (Å²) in [5, 5.41) is 2.80. The van der Waals surface area contributed by atoms with Gasteiger partial charge in [-0.25, -0.2) is 4.39 Å². The van der Waals surface area contributed by atoms with Crippen molar-refractivity contribution in [1.29, 1.82) is 0 Å². The lowest BCUT2D eigenvalue weighted by molar-refractivity contribution is 0.102. The average molecular weight is 322 g/mol. The first-order chi connectivity index (χ1) is 8.99. The molecule has 0 fully saturated rings. The van der Waals surface area contributed by atoms with E-state index in [2.05, 4.69) is 21.2 Å². The standard InChI is InChI=1S/C15H13BrFNO/c1-9-6-7-10(2)13(8-9)18-15(19)11-4-3-5-12(17)14(11)16/h3-8H,1-2H3,(H,18,19). The molecule has 19 heavy (non-hydrogen) atoms. The molecule has 0 atom stereocenters. The molecule has 2 nitrogen and oxygen atoms in total. The van der Waals surface area contributed by atoms with Gasteiger partial charge in [-0.1, -0.05) is 18.2 Å². The number of hydrogen-bond donors (Lipinski definition) is 1. The van der Waals surface area contributed by atoms with E-state index in [1.165, 1.54) is 12.1 Å². The van der Waals surface area contributed by atoms with Gasteiger partial charge in [0.15, 0.2) is 0 Å². The van der Waals surface area contributed by atoms with Crippen molar-refractivity contribution < 1.29 is 9.18 Å². The number of carbonyl (C=O) groups excluding carboxylic acids is 1. The molecule has 0 saturated heterocycles. The molecule has 0 bridgehead atoms. The largest absolute Gasteiger partial charge is 0.322 e. The smallest absolute Gasteiger partial charge is 0.256 e. The van der Waals surface area contributed by atoms with Gasteiger partial charge in [-0.05, 0) is 59.1 Å². The van der Waals surface area contributed by atoms with Crippen LogP contribution >= 0.6 is 15.9 Å². The lowest BCUT2D eigenvalue weighted by atomic mass is 10.1. The molecule has 4 heteroatoms. The normalized spacial score (nSPS) is 10.3. The molecule has 2 rings (SSSR count). The second-order valence-electron chi connectivity index (χ2n) is 4.37. The van der Waals surface area contributed by atoms with E-state index in [0.29, 0.717) is 0 Å². The molecule has 0 unspecified atom stereocenters. The molecule has 0 radical (unpaired) electrons. The van der Waals surface area contributed by atoms with Gasteiger partial charge in [0.1, 0.15) is 5.82 Å². The number of aryl methyl sites for hydroxylation is 2. The summed E-state index contributed by atoms with van der Waals surface area (Å²) >= 11 is 3.09. The van der Waals surface area contributed by atoms with E-state index in [4.69, 9.17) is 0 Å². The van der Waals surface area contributed by atoms with Crippen molar-refractivity contribution in [2.75, 3.05) is 5.32 Å². The molecule has 1 N–H and O–H groups in total. The molecule has 0 aromatic heterocycles. The van der Waals surface area contributed by atoms with E-state index in [-0.39, 0.29) is 15.9 Å². The fourth-order valence-electron chi connectivity index (χ4n) is 1.74. The minimum absolute atomic E-state index is 0.179. The Labute approximate surface area is 119 Å². The molecule has 0 saturated carbocycles. The summed E-state index contributed by atoms with van der Waals surface area (Å²) in [6.45, 7) is 3.86. The Morgan fingerprint density at radius 3 is 2.68 bits per heavy atom. The van der Waals surface area contributed by atoms with Crippen molar-refractivity contribution in [1.82, 2.24) is 0 Å². The third-order valence-electron chi connectivity index (χ3n) is 2.84. The number of amides is 1. The summed E-state index contributed by atoms with van der Waals surface area (Å²) in [6.07, 6.45) is 0. The van der Waals surface area contributed by atoms with E-state index in [0.717, 1.165) is 16.8 Å². The van der Waals surface area contributed by atoms with Crippen molar-refractivity contribution in [3.05, 3.63) is 63.4 Å². The molecule has 0 aliphatic heterocycles.